The zero-order chi connectivity index (χ0) is 14.7. The second-order valence-corrected chi connectivity index (χ2v) is 6.60. The Morgan fingerprint density at radius 1 is 1.38 bits per heavy atom. The molecule has 1 N–H and O–H groups in total. The van der Waals surface area contributed by atoms with Crippen molar-refractivity contribution in [3.8, 4) is 0 Å². The van der Waals surface area contributed by atoms with E-state index in [1.54, 1.807) is 12.2 Å². The molecule has 1 aliphatic rings. The number of carbonyl (C=O) groups excluding carboxylic acids is 1. The molecule has 2 heterocycles. The van der Waals surface area contributed by atoms with Gasteiger partial charge < -0.3 is 5.32 Å². The predicted octanol–water partition coefficient (Wildman–Crippen LogP) is 3.90. The van der Waals surface area contributed by atoms with Crippen molar-refractivity contribution in [1.29, 1.82) is 0 Å². The van der Waals surface area contributed by atoms with Crippen molar-refractivity contribution in [3.05, 3.63) is 28.5 Å². The van der Waals surface area contributed by atoms with E-state index in [0.29, 0.717) is 11.2 Å². The fraction of sp³-hybridized carbons (Fsp3) is 0.467. The number of aromatic nitrogens is 2. The first-order valence-corrected chi connectivity index (χ1v) is 8.59. The van der Waals surface area contributed by atoms with Crippen molar-refractivity contribution in [1.82, 2.24) is 14.7 Å². The molecule has 112 valence electrons. The maximum Gasteiger partial charge on any atom is 0.244 e. The Balaban J connectivity index is 1.66. The molecular weight excluding hydrogens is 306 g/mol. The van der Waals surface area contributed by atoms with Crippen molar-refractivity contribution in [2.45, 2.75) is 44.6 Å². The molecule has 0 saturated heterocycles. The number of rotatable bonds is 3. The van der Waals surface area contributed by atoms with Crippen molar-refractivity contribution >= 4 is 39.9 Å². The van der Waals surface area contributed by atoms with Gasteiger partial charge >= 0.3 is 0 Å². The lowest BCUT2D eigenvalue weighted by Gasteiger charge is -2.14. The summed E-state index contributed by atoms with van der Waals surface area (Å²) in [5.74, 6) is -0.0526. The van der Waals surface area contributed by atoms with Crippen molar-refractivity contribution in [3.63, 3.8) is 0 Å². The SMILES string of the molecule is O=C(/C=C/c1c(Cl)nc2sccn12)NC1CCCCCC1. The number of nitrogens with zero attached hydrogens (tertiary/aromatic N) is 2. The minimum absolute atomic E-state index is 0.0526. The monoisotopic (exact) mass is 323 g/mol. The molecule has 4 nitrogen and oxygen atoms in total. The molecule has 0 unspecified atom stereocenters. The molecule has 0 spiro atoms. The molecule has 0 bridgehead atoms. The molecule has 1 fully saturated rings. The first-order chi connectivity index (χ1) is 10.2. The molecule has 0 atom stereocenters. The van der Waals surface area contributed by atoms with Crippen LogP contribution in [0.4, 0.5) is 0 Å². The van der Waals surface area contributed by atoms with E-state index < -0.39 is 0 Å². The standard InChI is InChI=1S/C15H18ClN3OS/c16-14-12(19-9-10-21-15(19)18-14)7-8-13(20)17-11-5-3-1-2-4-6-11/h7-11H,1-6H2,(H,17,20)/b8-7+. The van der Waals surface area contributed by atoms with E-state index in [-0.39, 0.29) is 5.91 Å². The summed E-state index contributed by atoms with van der Waals surface area (Å²) in [6.45, 7) is 0. The van der Waals surface area contributed by atoms with Crippen LogP contribution in [0.3, 0.4) is 0 Å². The number of carbonyl (C=O) groups is 1. The quantitative estimate of drug-likeness (QED) is 0.687. The van der Waals surface area contributed by atoms with Crippen molar-refractivity contribution in [2.24, 2.45) is 0 Å². The van der Waals surface area contributed by atoms with Crippen LogP contribution in [0.25, 0.3) is 11.0 Å². The zero-order valence-corrected chi connectivity index (χ0v) is 13.3. The van der Waals surface area contributed by atoms with Crippen LogP contribution < -0.4 is 5.32 Å². The van der Waals surface area contributed by atoms with Crippen LogP contribution in [-0.4, -0.2) is 21.3 Å². The first-order valence-electron chi connectivity index (χ1n) is 7.33. The number of fused-ring (bicyclic) bond motifs is 1. The molecule has 0 aliphatic heterocycles. The number of halogens is 1. The van der Waals surface area contributed by atoms with Crippen LogP contribution in [0.2, 0.25) is 5.15 Å². The summed E-state index contributed by atoms with van der Waals surface area (Å²) < 4.78 is 1.89. The fourth-order valence-electron chi connectivity index (χ4n) is 2.75. The zero-order valence-electron chi connectivity index (χ0n) is 11.7. The molecule has 2 aromatic heterocycles. The number of nitrogens with one attached hydrogen (secondary N) is 1. The summed E-state index contributed by atoms with van der Waals surface area (Å²) in [6, 6.07) is 0.312. The highest BCUT2D eigenvalue weighted by atomic mass is 35.5. The van der Waals surface area contributed by atoms with E-state index in [0.717, 1.165) is 23.5 Å². The summed E-state index contributed by atoms with van der Waals surface area (Å²) >= 11 is 7.62. The highest BCUT2D eigenvalue weighted by molar-refractivity contribution is 7.15. The third-order valence-electron chi connectivity index (χ3n) is 3.85. The van der Waals surface area contributed by atoms with E-state index in [1.165, 1.54) is 37.0 Å². The molecule has 6 heteroatoms. The smallest absolute Gasteiger partial charge is 0.244 e. The lowest BCUT2D eigenvalue weighted by atomic mass is 10.1. The Morgan fingerprint density at radius 2 is 2.14 bits per heavy atom. The fourth-order valence-corrected chi connectivity index (χ4v) is 3.76. The molecule has 3 rings (SSSR count). The summed E-state index contributed by atoms with van der Waals surface area (Å²) in [4.78, 5) is 17.1. The third kappa shape index (κ3) is 3.47. The second kappa shape index (κ2) is 6.62. The third-order valence-corrected chi connectivity index (χ3v) is 4.88. The van der Waals surface area contributed by atoms with Gasteiger partial charge in [0.25, 0.3) is 0 Å². The van der Waals surface area contributed by atoms with Gasteiger partial charge in [-0.25, -0.2) is 4.98 Å². The van der Waals surface area contributed by atoms with Gasteiger partial charge in [0.2, 0.25) is 5.91 Å². The van der Waals surface area contributed by atoms with Gasteiger partial charge in [-0.05, 0) is 18.9 Å². The molecular formula is C15H18ClN3OS. The van der Waals surface area contributed by atoms with Crippen molar-refractivity contribution in [2.75, 3.05) is 0 Å². The Kier molecular flexibility index (Phi) is 4.60. The minimum atomic E-state index is -0.0526. The molecule has 0 aromatic carbocycles. The van der Waals surface area contributed by atoms with E-state index in [2.05, 4.69) is 10.3 Å². The summed E-state index contributed by atoms with van der Waals surface area (Å²) in [5, 5.41) is 5.46. The van der Waals surface area contributed by atoms with Gasteiger partial charge in [-0.2, -0.15) is 0 Å². The maximum atomic E-state index is 12.0. The Bertz CT molecular complexity index is 653. The van der Waals surface area contributed by atoms with Gasteiger partial charge in [0.1, 0.15) is 0 Å². The molecule has 2 aromatic rings. The van der Waals surface area contributed by atoms with E-state index >= 15 is 0 Å². The van der Waals surface area contributed by atoms with Crippen LogP contribution in [0, 0.1) is 0 Å². The number of amides is 1. The highest BCUT2D eigenvalue weighted by Gasteiger charge is 2.14. The highest BCUT2D eigenvalue weighted by Crippen LogP contribution is 2.22. The van der Waals surface area contributed by atoms with Gasteiger partial charge in [0.05, 0.1) is 5.69 Å². The van der Waals surface area contributed by atoms with Crippen LogP contribution >= 0.6 is 22.9 Å². The normalized spacial score (nSPS) is 17.4. The van der Waals surface area contributed by atoms with Crippen LogP contribution in [0.5, 0.6) is 0 Å². The number of thiazole rings is 1. The van der Waals surface area contributed by atoms with Gasteiger partial charge in [-0.1, -0.05) is 37.3 Å². The number of hydrogen-bond acceptors (Lipinski definition) is 3. The van der Waals surface area contributed by atoms with Gasteiger partial charge in [-0.3, -0.25) is 9.20 Å². The van der Waals surface area contributed by atoms with E-state index in [4.69, 9.17) is 11.6 Å². The average molecular weight is 324 g/mol. The van der Waals surface area contributed by atoms with Gasteiger partial charge in [0, 0.05) is 23.7 Å². The van der Waals surface area contributed by atoms with Crippen LogP contribution in [0.1, 0.15) is 44.2 Å². The minimum Gasteiger partial charge on any atom is -0.350 e. The lowest BCUT2D eigenvalue weighted by Crippen LogP contribution is -2.33. The van der Waals surface area contributed by atoms with Crippen LogP contribution in [-0.2, 0) is 4.79 Å². The predicted molar refractivity (Wildman–Crippen MR) is 86.7 cm³/mol. The molecule has 1 saturated carbocycles. The Morgan fingerprint density at radius 3 is 2.90 bits per heavy atom. The summed E-state index contributed by atoms with van der Waals surface area (Å²) in [7, 11) is 0. The Labute approximate surface area is 132 Å². The van der Waals surface area contributed by atoms with E-state index in [9.17, 15) is 4.79 Å². The van der Waals surface area contributed by atoms with Crippen molar-refractivity contribution < 1.29 is 4.79 Å². The summed E-state index contributed by atoms with van der Waals surface area (Å²) in [6.07, 6.45) is 12.3. The number of imidazole rings is 1. The molecule has 1 amide bonds. The van der Waals surface area contributed by atoms with Crippen LogP contribution in [0.15, 0.2) is 17.7 Å². The van der Waals surface area contributed by atoms with E-state index in [1.807, 2.05) is 16.0 Å². The molecule has 0 radical (unpaired) electrons. The number of hydrogen-bond donors (Lipinski definition) is 1. The topological polar surface area (TPSA) is 46.4 Å². The Hall–Kier alpha value is -1.33. The maximum absolute atomic E-state index is 12.0. The molecule has 21 heavy (non-hydrogen) atoms. The second-order valence-electron chi connectivity index (χ2n) is 5.37. The first kappa shape index (κ1) is 14.6. The van der Waals surface area contributed by atoms with Gasteiger partial charge in [0.15, 0.2) is 10.1 Å². The van der Waals surface area contributed by atoms with Gasteiger partial charge in [-0.15, -0.1) is 11.3 Å². The average Bonchev–Trinajstić information content (AvgIpc) is 2.90. The lowest BCUT2D eigenvalue weighted by molar-refractivity contribution is -0.117. The molecule has 1 aliphatic carbocycles. The largest absolute Gasteiger partial charge is 0.350 e. The summed E-state index contributed by atoms with van der Waals surface area (Å²) in [5.41, 5.74) is 0.754.